The van der Waals surface area contributed by atoms with Gasteiger partial charge in [-0.3, -0.25) is 4.79 Å². The van der Waals surface area contributed by atoms with Crippen molar-refractivity contribution in [1.29, 1.82) is 0 Å². The maximum Gasteiger partial charge on any atom is 0.223 e. The zero-order valence-corrected chi connectivity index (χ0v) is 14.8. The molecular weight excluding hydrogens is 315 g/mol. The van der Waals surface area contributed by atoms with Gasteiger partial charge >= 0.3 is 0 Å². The van der Waals surface area contributed by atoms with Gasteiger partial charge in [-0.2, -0.15) is 0 Å². The van der Waals surface area contributed by atoms with Crippen LogP contribution in [0.25, 0.3) is 0 Å². The summed E-state index contributed by atoms with van der Waals surface area (Å²) in [7, 11) is 0. The second kappa shape index (κ2) is 9.24. The predicted molar refractivity (Wildman–Crippen MR) is 94.0 cm³/mol. The van der Waals surface area contributed by atoms with Crippen molar-refractivity contribution in [3.63, 3.8) is 0 Å². The summed E-state index contributed by atoms with van der Waals surface area (Å²) in [6, 6.07) is 6.50. The fourth-order valence-corrected chi connectivity index (χ4v) is 3.42. The molecule has 2 N–H and O–H groups in total. The number of amides is 1. The van der Waals surface area contributed by atoms with Crippen molar-refractivity contribution >= 4 is 18.3 Å². The molecule has 0 radical (unpaired) electrons. The minimum atomic E-state index is -0.251. The topological polar surface area (TPSA) is 46.3 Å². The van der Waals surface area contributed by atoms with Crippen LogP contribution in [0.4, 0.5) is 4.39 Å². The first kappa shape index (κ1) is 19.9. The van der Waals surface area contributed by atoms with Gasteiger partial charge in [0.2, 0.25) is 5.91 Å². The fourth-order valence-electron chi connectivity index (χ4n) is 3.42. The van der Waals surface area contributed by atoms with Crippen molar-refractivity contribution in [2.24, 2.45) is 11.7 Å². The Morgan fingerprint density at radius 2 is 1.91 bits per heavy atom. The van der Waals surface area contributed by atoms with E-state index in [1.807, 2.05) is 18.7 Å². The Morgan fingerprint density at radius 1 is 1.30 bits per heavy atom. The van der Waals surface area contributed by atoms with Gasteiger partial charge in [-0.05, 0) is 50.3 Å². The van der Waals surface area contributed by atoms with E-state index in [2.05, 4.69) is 0 Å². The second-order valence-corrected chi connectivity index (χ2v) is 6.32. The van der Waals surface area contributed by atoms with Crippen LogP contribution in [0.15, 0.2) is 24.3 Å². The SMILES string of the molecule is CCN(C(=O)CC1CCCCC1N)C(C)c1ccc(F)cc1.Cl. The highest BCUT2D eigenvalue weighted by atomic mass is 35.5. The van der Waals surface area contributed by atoms with Crippen molar-refractivity contribution in [2.45, 2.75) is 58.0 Å². The molecule has 130 valence electrons. The van der Waals surface area contributed by atoms with Crippen LogP contribution in [0.2, 0.25) is 0 Å². The Kier molecular flexibility index (Phi) is 8.00. The molecule has 3 atom stereocenters. The lowest BCUT2D eigenvalue weighted by Gasteiger charge is -2.33. The summed E-state index contributed by atoms with van der Waals surface area (Å²) in [5, 5.41) is 0. The highest BCUT2D eigenvalue weighted by Crippen LogP contribution is 2.28. The first-order chi connectivity index (χ1) is 10.5. The molecule has 3 unspecified atom stereocenters. The number of nitrogens with two attached hydrogens (primary N) is 1. The first-order valence-electron chi connectivity index (χ1n) is 8.33. The zero-order valence-electron chi connectivity index (χ0n) is 14.0. The molecule has 0 saturated heterocycles. The van der Waals surface area contributed by atoms with Gasteiger partial charge in [0.25, 0.3) is 0 Å². The Balaban J connectivity index is 0.00000264. The molecule has 2 rings (SSSR count). The lowest BCUT2D eigenvalue weighted by Crippen LogP contribution is -2.39. The summed E-state index contributed by atoms with van der Waals surface area (Å²) in [5.41, 5.74) is 7.12. The molecule has 5 heteroatoms. The lowest BCUT2D eigenvalue weighted by atomic mass is 9.82. The van der Waals surface area contributed by atoms with Gasteiger partial charge in [0.1, 0.15) is 5.82 Å². The summed E-state index contributed by atoms with van der Waals surface area (Å²) >= 11 is 0. The van der Waals surface area contributed by atoms with E-state index in [4.69, 9.17) is 5.73 Å². The van der Waals surface area contributed by atoms with Gasteiger partial charge in [0.15, 0.2) is 0 Å². The third-order valence-corrected chi connectivity index (χ3v) is 4.89. The number of carbonyl (C=O) groups excluding carboxylic acids is 1. The van der Waals surface area contributed by atoms with Crippen molar-refractivity contribution in [2.75, 3.05) is 6.54 Å². The Hall–Kier alpha value is -1.13. The van der Waals surface area contributed by atoms with Gasteiger partial charge < -0.3 is 10.6 Å². The van der Waals surface area contributed by atoms with Crippen LogP contribution in [0.5, 0.6) is 0 Å². The van der Waals surface area contributed by atoms with Gasteiger partial charge in [-0.25, -0.2) is 4.39 Å². The number of hydrogen-bond acceptors (Lipinski definition) is 2. The standard InChI is InChI=1S/C18H27FN2O.ClH/c1-3-21(13(2)14-8-10-16(19)11-9-14)18(22)12-15-6-4-5-7-17(15)20;/h8-11,13,15,17H,3-7,12,20H2,1-2H3;1H. The number of rotatable bonds is 5. The normalized spacial score (nSPS) is 22.1. The summed E-state index contributed by atoms with van der Waals surface area (Å²) in [6.07, 6.45) is 4.95. The number of hydrogen-bond donors (Lipinski definition) is 1. The van der Waals surface area contributed by atoms with E-state index in [1.165, 1.54) is 25.0 Å². The van der Waals surface area contributed by atoms with Crippen molar-refractivity contribution < 1.29 is 9.18 Å². The molecule has 23 heavy (non-hydrogen) atoms. The second-order valence-electron chi connectivity index (χ2n) is 6.32. The molecule has 0 heterocycles. The molecule has 0 aromatic heterocycles. The summed E-state index contributed by atoms with van der Waals surface area (Å²) in [5.74, 6) is 0.205. The van der Waals surface area contributed by atoms with Crippen molar-refractivity contribution in [3.05, 3.63) is 35.6 Å². The molecule has 3 nitrogen and oxygen atoms in total. The van der Waals surface area contributed by atoms with Crippen LogP contribution in [-0.2, 0) is 4.79 Å². The first-order valence-corrected chi connectivity index (χ1v) is 8.33. The average molecular weight is 343 g/mol. The van der Waals surface area contributed by atoms with E-state index < -0.39 is 0 Å². The monoisotopic (exact) mass is 342 g/mol. The molecule has 1 aromatic rings. The largest absolute Gasteiger partial charge is 0.336 e. The molecule has 1 aliphatic carbocycles. The van der Waals surface area contributed by atoms with Crippen molar-refractivity contribution in [3.8, 4) is 0 Å². The van der Waals surface area contributed by atoms with Crippen LogP contribution in [0.3, 0.4) is 0 Å². The van der Waals surface area contributed by atoms with E-state index in [0.717, 1.165) is 18.4 Å². The maximum atomic E-state index is 13.0. The molecule has 1 aliphatic rings. The molecule has 1 fully saturated rings. The van der Waals surface area contributed by atoms with Crippen LogP contribution in [0.1, 0.15) is 57.6 Å². The molecule has 0 spiro atoms. The summed E-state index contributed by atoms with van der Waals surface area (Å²) in [4.78, 5) is 14.5. The highest BCUT2D eigenvalue weighted by Gasteiger charge is 2.28. The number of carbonyl (C=O) groups is 1. The third kappa shape index (κ3) is 5.18. The highest BCUT2D eigenvalue weighted by molar-refractivity contribution is 5.85. The zero-order chi connectivity index (χ0) is 16.1. The maximum absolute atomic E-state index is 13.0. The fraction of sp³-hybridized carbons (Fsp3) is 0.611. The van der Waals surface area contributed by atoms with Gasteiger partial charge in [0.05, 0.1) is 6.04 Å². The van der Waals surface area contributed by atoms with Crippen LogP contribution in [0, 0.1) is 11.7 Å². The molecule has 1 saturated carbocycles. The van der Waals surface area contributed by atoms with E-state index in [9.17, 15) is 9.18 Å². The van der Waals surface area contributed by atoms with E-state index in [0.29, 0.717) is 18.9 Å². The number of halogens is 2. The van der Waals surface area contributed by atoms with Crippen LogP contribution < -0.4 is 5.73 Å². The predicted octanol–water partition coefficient (Wildman–Crippen LogP) is 4.06. The third-order valence-electron chi connectivity index (χ3n) is 4.89. The van der Waals surface area contributed by atoms with Gasteiger partial charge in [-0.15, -0.1) is 12.4 Å². The Labute approximate surface area is 144 Å². The van der Waals surface area contributed by atoms with E-state index in [1.54, 1.807) is 12.1 Å². The smallest absolute Gasteiger partial charge is 0.223 e. The molecule has 1 amide bonds. The molecule has 1 aromatic carbocycles. The Morgan fingerprint density at radius 3 is 2.48 bits per heavy atom. The van der Waals surface area contributed by atoms with Gasteiger partial charge in [0, 0.05) is 19.0 Å². The molecule has 0 aliphatic heterocycles. The number of nitrogens with zero attached hydrogens (tertiary/aromatic N) is 1. The number of benzene rings is 1. The summed E-state index contributed by atoms with van der Waals surface area (Å²) in [6.45, 7) is 4.63. The van der Waals surface area contributed by atoms with E-state index in [-0.39, 0.29) is 36.2 Å². The minimum absolute atomic E-state index is 0. The van der Waals surface area contributed by atoms with Gasteiger partial charge in [-0.1, -0.05) is 25.0 Å². The lowest BCUT2D eigenvalue weighted by molar-refractivity contribution is -0.134. The molecule has 0 bridgehead atoms. The van der Waals surface area contributed by atoms with Crippen molar-refractivity contribution in [1.82, 2.24) is 4.90 Å². The summed E-state index contributed by atoms with van der Waals surface area (Å²) < 4.78 is 13.0. The average Bonchev–Trinajstić information content (AvgIpc) is 2.51. The quantitative estimate of drug-likeness (QED) is 0.876. The Bertz CT molecular complexity index is 494. The molecular formula is C18H28ClFN2O. The minimum Gasteiger partial charge on any atom is -0.336 e. The van der Waals surface area contributed by atoms with Crippen LogP contribution >= 0.6 is 12.4 Å². The van der Waals surface area contributed by atoms with E-state index >= 15 is 0 Å². The van der Waals surface area contributed by atoms with Crippen LogP contribution in [-0.4, -0.2) is 23.4 Å².